The van der Waals surface area contributed by atoms with E-state index in [4.69, 9.17) is 4.74 Å². The predicted octanol–water partition coefficient (Wildman–Crippen LogP) is 5.71. The first-order valence-corrected chi connectivity index (χ1v) is 10.6. The molecule has 0 saturated heterocycles. The van der Waals surface area contributed by atoms with Crippen LogP contribution in [0.3, 0.4) is 0 Å². The van der Waals surface area contributed by atoms with Gasteiger partial charge in [0.15, 0.2) is 0 Å². The largest absolute Gasteiger partial charge is 0.457 e. The fraction of sp³-hybridized carbons (Fsp3) is 0.0833. The fourth-order valence-corrected chi connectivity index (χ4v) is 3.87. The molecule has 0 fully saturated rings. The number of ether oxygens (including phenoxy) is 1. The van der Waals surface area contributed by atoms with Crippen molar-refractivity contribution in [3.05, 3.63) is 103 Å². The minimum Gasteiger partial charge on any atom is -0.457 e. The fourth-order valence-electron chi connectivity index (χ4n) is 2.96. The van der Waals surface area contributed by atoms with Gasteiger partial charge >= 0.3 is 0 Å². The summed E-state index contributed by atoms with van der Waals surface area (Å²) >= 11 is 0. The van der Waals surface area contributed by atoms with Gasteiger partial charge in [-0.25, -0.2) is 0 Å². The molecule has 5 nitrogen and oxygen atoms in total. The highest BCUT2D eigenvalue weighted by Gasteiger charge is 2.07. The topological polar surface area (TPSA) is 68.6 Å². The molecule has 3 aromatic rings. The van der Waals surface area contributed by atoms with Gasteiger partial charge < -0.3 is 13.3 Å². The first-order valence-electron chi connectivity index (χ1n) is 9.47. The number of amides is 1. The summed E-state index contributed by atoms with van der Waals surface area (Å²) in [5.74, 6) is 0.942. The lowest BCUT2D eigenvalue weighted by Crippen LogP contribution is -2.08. The van der Waals surface area contributed by atoms with E-state index in [2.05, 4.69) is 9.35 Å². The Labute approximate surface area is 177 Å². The lowest BCUT2D eigenvalue weighted by Gasteiger charge is -2.15. The molecule has 0 N–H and O–H groups in total. The van der Waals surface area contributed by atoms with E-state index < -0.39 is 16.5 Å². The monoisotopic (exact) mass is 415 g/mol. The van der Waals surface area contributed by atoms with E-state index in [-0.39, 0.29) is 5.25 Å². The molecule has 150 valence electrons. The second kappa shape index (κ2) is 9.33. The van der Waals surface area contributed by atoms with E-state index in [1.165, 1.54) is 6.20 Å². The Kier molecular flexibility index (Phi) is 6.15. The van der Waals surface area contributed by atoms with Crippen LogP contribution >= 0.6 is 0 Å². The molecule has 1 aliphatic carbocycles. The second-order valence-corrected chi connectivity index (χ2v) is 8.00. The van der Waals surface area contributed by atoms with E-state index in [0.717, 1.165) is 16.9 Å². The summed E-state index contributed by atoms with van der Waals surface area (Å²) in [5.41, 5.74) is 1.97. The Morgan fingerprint density at radius 3 is 2.47 bits per heavy atom. The molecule has 1 amide bonds. The SMILES string of the molecule is O=C(N=[S-](=O)C1C=CC=CC1)c1cncc(-c2ccc(Oc3ccccc3)cc2)c1. The number of hydrogen-bond donors (Lipinski definition) is 0. The maximum Gasteiger partial charge on any atom is 0.255 e. The van der Waals surface area contributed by atoms with Crippen LogP contribution in [0.2, 0.25) is 0 Å². The molecule has 30 heavy (non-hydrogen) atoms. The Morgan fingerprint density at radius 1 is 0.967 bits per heavy atom. The van der Waals surface area contributed by atoms with Crippen molar-refractivity contribution in [2.24, 2.45) is 4.36 Å². The molecule has 1 aromatic heterocycles. The number of pyridine rings is 1. The molecule has 0 spiro atoms. The first kappa shape index (κ1) is 19.8. The maximum atomic E-state index is 12.5. The molecule has 1 unspecified atom stereocenters. The third-order valence-corrected chi connectivity index (χ3v) is 5.74. The molecular weight excluding hydrogens is 396 g/mol. The normalized spacial score (nSPS) is 16.3. The van der Waals surface area contributed by atoms with Gasteiger partial charge in [-0.05, 0) is 42.3 Å². The number of rotatable bonds is 5. The molecule has 0 saturated carbocycles. The second-order valence-electron chi connectivity index (χ2n) is 6.66. The molecule has 0 bridgehead atoms. The van der Waals surface area contributed by atoms with Crippen molar-refractivity contribution in [3.63, 3.8) is 0 Å². The highest BCUT2D eigenvalue weighted by atomic mass is 32.2. The van der Waals surface area contributed by atoms with E-state index in [1.54, 1.807) is 18.3 Å². The summed E-state index contributed by atoms with van der Waals surface area (Å²) in [4.78, 5) is 16.6. The molecule has 1 aliphatic rings. The van der Waals surface area contributed by atoms with Crippen LogP contribution in [0.15, 0.2) is 102 Å². The zero-order valence-electron chi connectivity index (χ0n) is 16.0. The number of benzene rings is 2. The van der Waals surface area contributed by atoms with E-state index >= 15 is 0 Å². The number of nitrogens with zero attached hydrogens (tertiary/aromatic N) is 2. The van der Waals surface area contributed by atoms with Crippen molar-refractivity contribution in [1.82, 2.24) is 4.98 Å². The summed E-state index contributed by atoms with van der Waals surface area (Å²) in [7, 11) is -1.62. The van der Waals surface area contributed by atoms with Crippen molar-refractivity contribution >= 4 is 16.5 Å². The standard InChI is InChI=1S/C24H19N2O3S/c27-24(26-30(28)23-9-5-2-6-10-23)20-15-19(16-25-17-20)18-11-13-22(14-12-18)29-21-7-3-1-4-8-21/h1-9,11-17,23H,10H2/q-1. The van der Waals surface area contributed by atoms with Crippen molar-refractivity contribution < 1.29 is 13.7 Å². The Hall–Kier alpha value is -3.51. The summed E-state index contributed by atoms with van der Waals surface area (Å²) in [6.07, 6.45) is 11.1. The third kappa shape index (κ3) is 4.90. The van der Waals surface area contributed by atoms with Crippen LogP contribution in [0.4, 0.5) is 0 Å². The van der Waals surface area contributed by atoms with Crippen LogP contribution in [0.1, 0.15) is 16.8 Å². The number of carbonyl (C=O) groups excluding carboxylic acids is 1. The van der Waals surface area contributed by atoms with E-state index in [9.17, 15) is 9.00 Å². The van der Waals surface area contributed by atoms with Gasteiger partial charge in [0, 0.05) is 18.0 Å². The highest BCUT2D eigenvalue weighted by molar-refractivity contribution is 7.76. The van der Waals surface area contributed by atoms with Crippen molar-refractivity contribution in [2.45, 2.75) is 11.7 Å². The Balaban J connectivity index is 1.50. The molecule has 0 aliphatic heterocycles. The van der Waals surface area contributed by atoms with Crippen molar-refractivity contribution in [2.75, 3.05) is 0 Å². The summed E-state index contributed by atoms with van der Waals surface area (Å²) in [5, 5.41) is -0.271. The van der Waals surface area contributed by atoms with Gasteiger partial charge in [0.25, 0.3) is 5.91 Å². The zero-order valence-corrected chi connectivity index (χ0v) is 16.9. The number of hydrogen-bond acceptors (Lipinski definition) is 5. The summed E-state index contributed by atoms with van der Waals surface area (Å²) < 4.78 is 22.0. The maximum absolute atomic E-state index is 12.5. The van der Waals surface area contributed by atoms with E-state index in [0.29, 0.717) is 17.7 Å². The van der Waals surface area contributed by atoms with Crippen molar-refractivity contribution in [1.29, 1.82) is 0 Å². The number of para-hydroxylation sites is 1. The van der Waals surface area contributed by atoms with Crippen LogP contribution in [-0.4, -0.2) is 16.1 Å². The molecular formula is C24H19N2O3S-. The van der Waals surface area contributed by atoms with Gasteiger partial charge in [-0.15, -0.1) is 0 Å². The minimum atomic E-state index is -1.62. The molecule has 0 radical (unpaired) electrons. The average molecular weight is 415 g/mol. The summed E-state index contributed by atoms with van der Waals surface area (Å²) in [6.45, 7) is 0. The zero-order chi connectivity index (χ0) is 20.8. The van der Waals surface area contributed by atoms with Gasteiger partial charge in [-0.3, -0.25) is 9.78 Å². The number of aromatic nitrogens is 1. The van der Waals surface area contributed by atoms with Crippen LogP contribution < -0.4 is 4.74 Å². The van der Waals surface area contributed by atoms with Crippen molar-refractivity contribution in [3.8, 4) is 22.6 Å². The van der Waals surface area contributed by atoms with Gasteiger partial charge in [0.1, 0.15) is 11.5 Å². The number of carbonyl (C=O) groups is 1. The molecule has 6 heteroatoms. The highest BCUT2D eigenvalue weighted by Crippen LogP contribution is 2.26. The predicted molar refractivity (Wildman–Crippen MR) is 118 cm³/mol. The first-order chi connectivity index (χ1) is 14.7. The van der Waals surface area contributed by atoms with Crippen LogP contribution in [-0.2, 0) is 14.8 Å². The quantitative estimate of drug-likeness (QED) is 0.500. The van der Waals surface area contributed by atoms with Gasteiger partial charge in [-0.2, -0.15) is 10.6 Å². The Bertz CT molecular complexity index is 1180. The van der Waals surface area contributed by atoms with Crippen LogP contribution in [0, 0.1) is 0 Å². The summed E-state index contributed by atoms with van der Waals surface area (Å²) in [6, 6.07) is 18.8. The van der Waals surface area contributed by atoms with Crippen LogP contribution in [0.25, 0.3) is 11.1 Å². The van der Waals surface area contributed by atoms with Gasteiger partial charge in [0.2, 0.25) is 0 Å². The minimum absolute atomic E-state index is 0.271. The molecule has 1 heterocycles. The molecule has 2 aromatic carbocycles. The van der Waals surface area contributed by atoms with E-state index in [1.807, 2.05) is 72.8 Å². The lowest BCUT2D eigenvalue weighted by atomic mass is 10.1. The number of allylic oxidation sites excluding steroid dienone is 3. The average Bonchev–Trinajstić information content (AvgIpc) is 2.81. The third-order valence-electron chi connectivity index (χ3n) is 4.52. The Morgan fingerprint density at radius 2 is 1.73 bits per heavy atom. The lowest BCUT2D eigenvalue weighted by molar-refractivity contribution is 0.100. The molecule has 1 atom stereocenters. The van der Waals surface area contributed by atoms with Crippen LogP contribution in [0.5, 0.6) is 11.5 Å². The molecule has 4 rings (SSSR count). The smallest absolute Gasteiger partial charge is 0.255 e. The van der Waals surface area contributed by atoms with Gasteiger partial charge in [-0.1, -0.05) is 59.9 Å². The van der Waals surface area contributed by atoms with Gasteiger partial charge in [0.05, 0.1) is 5.56 Å².